The molecule has 0 radical (unpaired) electrons. The van der Waals surface area contributed by atoms with Crippen LogP contribution in [0.15, 0.2) is 4.52 Å². The number of urea groups is 1. The lowest BCUT2D eigenvalue weighted by Gasteiger charge is -2.21. The van der Waals surface area contributed by atoms with Gasteiger partial charge in [-0.15, -0.1) is 0 Å². The van der Waals surface area contributed by atoms with Crippen LogP contribution in [0.4, 0.5) is 4.79 Å². The zero-order chi connectivity index (χ0) is 18.2. The summed E-state index contributed by atoms with van der Waals surface area (Å²) in [7, 11) is 0. The predicted molar refractivity (Wildman–Crippen MR) is 85.1 cm³/mol. The van der Waals surface area contributed by atoms with Gasteiger partial charge < -0.3 is 36.1 Å². The highest BCUT2D eigenvalue weighted by molar-refractivity contribution is 5.83. The van der Waals surface area contributed by atoms with E-state index in [2.05, 4.69) is 15.5 Å². The van der Waals surface area contributed by atoms with E-state index < -0.39 is 24.1 Å². The number of aliphatic carboxylic acids is 1. The molecular formula is C14H24N6O5. The second kappa shape index (κ2) is 9.30. The smallest absolute Gasteiger partial charge is 0.326 e. The molecule has 6 N–H and O–H groups in total. The van der Waals surface area contributed by atoms with Gasteiger partial charge in [-0.3, -0.25) is 0 Å². The number of likely N-dealkylation sites (tertiary alicyclic amines) is 1. The summed E-state index contributed by atoms with van der Waals surface area (Å²) >= 11 is 0. The summed E-state index contributed by atoms with van der Waals surface area (Å²) in [5, 5.41) is 15.5. The fourth-order valence-electron chi connectivity index (χ4n) is 2.63. The van der Waals surface area contributed by atoms with Crippen molar-refractivity contribution < 1.29 is 24.0 Å². The Morgan fingerprint density at radius 3 is 3.04 bits per heavy atom. The largest absolute Gasteiger partial charge is 0.480 e. The van der Waals surface area contributed by atoms with E-state index in [0.29, 0.717) is 44.7 Å². The summed E-state index contributed by atoms with van der Waals surface area (Å²) in [5.74, 6) is -0.443. The van der Waals surface area contributed by atoms with Crippen molar-refractivity contribution in [3.05, 3.63) is 11.7 Å². The molecule has 1 saturated heterocycles. The van der Waals surface area contributed by atoms with Gasteiger partial charge in [0.05, 0.1) is 19.3 Å². The molecule has 1 aliphatic heterocycles. The van der Waals surface area contributed by atoms with Gasteiger partial charge in [0.25, 0.3) is 0 Å². The molecule has 2 rings (SSSR count). The van der Waals surface area contributed by atoms with Crippen molar-refractivity contribution in [3.63, 3.8) is 0 Å². The standard InChI is InChI=1S/C14H24N6O5/c15-8-24-6-2-3-9(16)12-18-11(25-19-12)7-17-14(23)20-5-1-4-10(20)13(21)22/h9-10H,1-8,15-16H2,(H,17,23)(H,21,22)/t9-,10?/m0/s1. The van der Waals surface area contributed by atoms with Gasteiger partial charge >= 0.3 is 12.0 Å². The molecule has 1 aromatic rings. The first-order valence-corrected chi connectivity index (χ1v) is 8.16. The molecular weight excluding hydrogens is 332 g/mol. The van der Waals surface area contributed by atoms with Crippen molar-refractivity contribution in [3.8, 4) is 0 Å². The third kappa shape index (κ3) is 5.37. The molecule has 25 heavy (non-hydrogen) atoms. The zero-order valence-corrected chi connectivity index (χ0v) is 13.9. The number of carboxylic acids is 1. The Balaban J connectivity index is 1.79. The van der Waals surface area contributed by atoms with Crippen molar-refractivity contribution in [1.82, 2.24) is 20.4 Å². The van der Waals surface area contributed by atoms with Gasteiger partial charge in [0, 0.05) is 13.2 Å². The number of aromatic nitrogens is 2. The second-order valence-corrected chi connectivity index (χ2v) is 5.72. The average molecular weight is 356 g/mol. The third-order valence-corrected chi connectivity index (χ3v) is 3.93. The monoisotopic (exact) mass is 356 g/mol. The molecule has 2 amide bonds. The molecule has 140 valence electrons. The zero-order valence-electron chi connectivity index (χ0n) is 13.9. The van der Waals surface area contributed by atoms with E-state index in [1.54, 1.807) is 0 Å². The van der Waals surface area contributed by atoms with E-state index in [4.69, 9.17) is 25.8 Å². The SMILES string of the molecule is NCOCCC[C@H](N)c1noc(CNC(=O)N2CCCC2C(=O)O)n1. The van der Waals surface area contributed by atoms with Crippen LogP contribution in [0.2, 0.25) is 0 Å². The van der Waals surface area contributed by atoms with Gasteiger partial charge in [-0.25, -0.2) is 9.59 Å². The molecule has 2 heterocycles. The molecule has 11 heteroatoms. The number of ether oxygens (including phenoxy) is 1. The summed E-state index contributed by atoms with van der Waals surface area (Å²) in [6.45, 7) is 1.10. The number of carbonyl (C=O) groups excluding carboxylic acids is 1. The highest BCUT2D eigenvalue weighted by Gasteiger charge is 2.34. The predicted octanol–water partition coefficient (Wildman–Crippen LogP) is -0.459. The van der Waals surface area contributed by atoms with E-state index in [-0.39, 0.29) is 19.2 Å². The normalized spacial score (nSPS) is 18.3. The summed E-state index contributed by atoms with van der Waals surface area (Å²) in [5.41, 5.74) is 11.2. The molecule has 2 atom stereocenters. The lowest BCUT2D eigenvalue weighted by molar-refractivity contribution is -0.141. The maximum absolute atomic E-state index is 12.1. The minimum Gasteiger partial charge on any atom is -0.480 e. The number of carboxylic acid groups (broad SMARTS) is 1. The van der Waals surface area contributed by atoms with Crippen LogP contribution in [-0.2, 0) is 16.1 Å². The second-order valence-electron chi connectivity index (χ2n) is 5.72. The number of nitrogens with two attached hydrogens (primary N) is 2. The Kier molecular flexibility index (Phi) is 7.10. The van der Waals surface area contributed by atoms with Crippen LogP contribution < -0.4 is 16.8 Å². The Labute approximate surface area is 144 Å². The van der Waals surface area contributed by atoms with Crippen LogP contribution in [0, 0.1) is 0 Å². The molecule has 1 aliphatic rings. The summed E-state index contributed by atoms with van der Waals surface area (Å²) in [6.07, 6.45) is 2.44. The Hall–Kier alpha value is -2.24. The van der Waals surface area contributed by atoms with Gasteiger partial charge in [-0.1, -0.05) is 5.16 Å². The lowest BCUT2D eigenvalue weighted by atomic mass is 10.1. The molecule has 1 aromatic heterocycles. The number of nitrogens with one attached hydrogen (secondary N) is 1. The minimum absolute atomic E-state index is 0.0116. The fraction of sp³-hybridized carbons (Fsp3) is 0.714. The number of nitrogens with zero attached hydrogens (tertiary/aromatic N) is 3. The maximum atomic E-state index is 12.1. The van der Waals surface area contributed by atoms with Gasteiger partial charge in [0.1, 0.15) is 6.04 Å². The van der Waals surface area contributed by atoms with Crippen LogP contribution >= 0.6 is 0 Å². The summed E-state index contributed by atoms with van der Waals surface area (Å²) in [6, 6.07) is -1.65. The first kappa shape index (κ1) is 19.1. The average Bonchev–Trinajstić information content (AvgIpc) is 3.25. The van der Waals surface area contributed by atoms with E-state index in [0.717, 1.165) is 0 Å². The Morgan fingerprint density at radius 1 is 1.52 bits per heavy atom. The van der Waals surface area contributed by atoms with Crippen molar-refractivity contribution in [2.45, 2.75) is 44.3 Å². The van der Waals surface area contributed by atoms with E-state index in [9.17, 15) is 9.59 Å². The van der Waals surface area contributed by atoms with E-state index in [1.807, 2.05) is 0 Å². The third-order valence-electron chi connectivity index (χ3n) is 3.93. The fourth-order valence-corrected chi connectivity index (χ4v) is 2.63. The Morgan fingerprint density at radius 2 is 2.32 bits per heavy atom. The van der Waals surface area contributed by atoms with Crippen molar-refractivity contribution >= 4 is 12.0 Å². The van der Waals surface area contributed by atoms with Crippen LogP contribution in [0.3, 0.4) is 0 Å². The van der Waals surface area contributed by atoms with Crippen LogP contribution in [0.5, 0.6) is 0 Å². The van der Waals surface area contributed by atoms with Gasteiger partial charge in [-0.05, 0) is 25.7 Å². The number of rotatable bonds is 9. The van der Waals surface area contributed by atoms with Crippen LogP contribution in [0.1, 0.15) is 43.4 Å². The summed E-state index contributed by atoms with van der Waals surface area (Å²) in [4.78, 5) is 28.6. The maximum Gasteiger partial charge on any atom is 0.326 e. The molecule has 0 saturated carbocycles. The molecule has 0 bridgehead atoms. The molecule has 11 nitrogen and oxygen atoms in total. The van der Waals surface area contributed by atoms with E-state index >= 15 is 0 Å². The molecule has 0 aromatic carbocycles. The molecule has 0 spiro atoms. The highest BCUT2D eigenvalue weighted by atomic mass is 16.5. The van der Waals surface area contributed by atoms with Gasteiger partial charge in [0.15, 0.2) is 5.82 Å². The minimum atomic E-state index is -1.00. The number of amides is 2. The van der Waals surface area contributed by atoms with E-state index in [1.165, 1.54) is 4.90 Å². The van der Waals surface area contributed by atoms with Crippen LogP contribution in [-0.4, -0.2) is 58.1 Å². The number of hydrogen-bond donors (Lipinski definition) is 4. The van der Waals surface area contributed by atoms with Crippen molar-refractivity contribution in [1.29, 1.82) is 0 Å². The highest BCUT2D eigenvalue weighted by Crippen LogP contribution is 2.17. The molecule has 1 unspecified atom stereocenters. The molecule has 1 fully saturated rings. The number of hydrogen-bond acceptors (Lipinski definition) is 8. The quantitative estimate of drug-likeness (QED) is 0.337. The molecule has 0 aliphatic carbocycles. The van der Waals surface area contributed by atoms with Gasteiger partial charge in [0.2, 0.25) is 5.89 Å². The Bertz CT molecular complexity index is 580. The van der Waals surface area contributed by atoms with Crippen LogP contribution in [0.25, 0.3) is 0 Å². The summed E-state index contributed by atoms with van der Waals surface area (Å²) < 4.78 is 10.1. The lowest BCUT2D eigenvalue weighted by Crippen LogP contribution is -2.45. The topological polar surface area (TPSA) is 170 Å². The van der Waals surface area contributed by atoms with Crippen molar-refractivity contribution in [2.24, 2.45) is 11.5 Å². The number of carbonyl (C=O) groups is 2. The first-order valence-electron chi connectivity index (χ1n) is 8.16. The van der Waals surface area contributed by atoms with Crippen molar-refractivity contribution in [2.75, 3.05) is 19.9 Å². The van der Waals surface area contributed by atoms with Gasteiger partial charge in [-0.2, -0.15) is 4.98 Å². The first-order chi connectivity index (χ1) is 12.0.